The van der Waals surface area contributed by atoms with Gasteiger partial charge >= 0.3 is 0 Å². The summed E-state index contributed by atoms with van der Waals surface area (Å²) in [6.07, 6.45) is 2.98. The molecule has 1 aliphatic rings. The minimum absolute atomic E-state index is 0.131. The van der Waals surface area contributed by atoms with Gasteiger partial charge in [-0.1, -0.05) is 12.8 Å². The summed E-state index contributed by atoms with van der Waals surface area (Å²) in [5.41, 5.74) is 0.549. The number of carbonyl (C=O) groups is 1. The van der Waals surface area contributed by atoms with Gasteiger partial charge in [0.2, 0.25) is 20.0 Å². The van der Waals surface area contributed by atoms with Gasteiger partial charge in [0.25, 0.3) is 5.91 Å². The molecule has 0 heterocycles. The van der Waals surface area contributed by atoms with Gasteiger partial charge in [0.05, 0.1) is 356 Å². The Bertz CT molecular complexity index is 2930. The van der Waals surface area contributed by atoms with Crippen LogP contribution in [0, 0.1) is 0 Å². The van der Waals surface area contributed by atoms with Crippen molar-refractivity contribution < 1.29 is 205 Å². The molecule has 3 rings (SSSR count). The zero-order valence-corrected chi connectivity index (χ0v) is 72.9. The van der Waals surface area contributed by atoms with Crippen LogP contribution in [0.3, 0.4) is 0 Å². The number of aliphatic hydroxyl groups excluding tert-OH is 36. The zero-order chi connectivity index (χ0) is 96.1. The second-order valence-electron chi connectivity index (χ2n) is 28.9. The number of aliphatic hydroxyl groups is 36. The lowest BCUT2D eigenvalue weighted by molar-refractivity contribution is -0.0961. The van der Waals surface area contributed by atoms with E-state index in [1.54, 1.807) is 9.80 Å². The molecule has 0 aromatic heterocycles. The molecule has 1 aliphatic carbocycles. The minimum Gasteiger partial charge on any atom is -0.395 e. The van der Waals surface area contributed by atoms with Crippen molar-refractivity contribution >= 4 is 40.0 Å². The van der Waals surface area contributed by atoms with Crippen LogP contribution in [0.1, 0.15) is 36.0 Å². The normalized spacial score (nSPS) is 14.7. The Morgan fingerprint density at radius 2 is 0.437 bits per heavy atom. The van der Waals surface area contributed by atoms with Crippen molar-refractivity contribution in [3.8, 4) is 0 Å². The summed E-state index contributed by atoms with van der Waals surface area (Å²) in [7, 11) is -11.6. The SMILES string of the molecule is O=C(c1ccc(N(C(CO)CO)C(CO)CO)cc1)N(C(CO)CO)C(CO)CO.O=S(=O)(c1ccc(S(=O)(=O)N(C(CO)CO)C(CO)CO)cc1)N(C(CO)CO)C(CO)CO.OCC(CO)N(C(CO)CO)P(N(C(CO)CO)C(CO)CO)N(C(CO)CO)C(CO)CO.OCC(CO)N(C(CO)CO)[C@H]1CCCC[C@@H]1N(C(CO)CO)C(CO)CO. The minimum atomic E-state index is -4.56. The third kappa shape index (κ3) is 33.2. The molecule has 1 saturated carbocycles. The molecule has 744 valence electrons. The molecule has 1 amide bonds. The fourth-order valence-electron chi connectivity index (χ4n) is 14.4. The van der Waals surface area contributed by atoms with E-state index in [9.17, 15) is 205 Å². The smallest absolute Gasteiger partial charge is 0.254 e. The number of hydrogen-bond acceptors (Lipinski definition) is 47. The van der Waals surface area contributed by atoms with E-state index in [-0.39, 0.29) is 70.5 Å². The number of carbonyl (C=O) groups excluding carboxylic acids is 1. The molecule has 50 nitrogen and oxygen atoms in total. The summed E-state index contributed by atoms with van der Waals surface area (Å²) in [4.78, 5) is 17.9. The maximum atomic E-state index is 13.1. The Labute approximate surface area is 733 Å². The average Bonchev–Trinajstić information content (AvgIpc) is 0.777. The quantitative estimate of drug-likeness (QED) is 0.0274. The molecule has 0 spiro atoms. The van der Waals surface area contributed by atoms with Crippen LogP contribution in [-0.4, -0.2) is 603 Å². The predicted octanol–water partition coefficient (Wildman–Crippen LogP) is -19.0. The van der Waals surface area contributed by atoms with Gasteiger partial charge in [0.15, 0.2) is 0 Å². The Hall–Kier alpha value is -3.68. The van der Waals surface area contributed by atoms with Crippen molar-refractivity contribution in [2.75, 3.05) is 243 Å². The van der Waals surface area contributed by atoms with Crippen LogP contribution in [-0.2, 0) is 20.0 Å². The van der Waals surface area contributed by atoms with Crippen molar-refractivity contribution in [2.24, 2.45) is 0 Å². The fraction of sp³-hybridized carbons (Fsp3) is 0.822. The lowest BCUT2D eigenvalue weighted by Gasteiger charge is -2.55. The van der Waals surface area contributed by atoms with E-state index >= 15 is 0 Å². The lowest BCUT2D eigenvalue weighted by Crippen LogP contribution is -2.66. The molecule has 0 bridgehead atoms. The van der Waals surface area contributed by atoms with Crippen LogP contribution in [0.5, 0.6) is 0 Å². The van der Waals surface area contributed by atoms with Crippen LogP contribution in [0.2, 0.25) is 0 Å². The molecule has 53 heteroatoms. The predicted molar refractivity (Wildman–Crippen MR) is 445 cm³/mol. The van der Waals surface area contributed by atoms with Gasteiger partial charge in [0.1, 0.15) is 8.37 Å². The molecule has 36 N–H and O–H groups in total. The molecule has 0 unspecified atom stereocenters. The summed E-state index contributed by atoms with van der Waals surface area (Å²) in [6.45, 7) is -22.3. The average molecular weight is 1900 g/mol. The lowest BCUT2D eigenvalue weighted by atomic mass is 9.84. The Morgan fingerprint density at radius 1 is 0.254 bits per heavy atom. The first-order chi connectivity index (χ1) is 60.5. The molecular formula is C73H144N9O41PS2. The summed E-state index contributed by atoms with van der Waals surface area (Å²) >= 11 is 0. The van der Waals surface area contributed by atoms with E-state index in [2.05, 4.69) is 0 Å². The van der Waals surface area contributed by atoms with Crippen LogP contribution < -0.4 is 4.90 Å². The van der Waals surface area contributed by atoms with Crippen molar-refractivity contribution in [3.63, 3.8) is 0 Å². The van der Waals surface area contributed by atoms with Crippen molar-refractivity contribution in [1.29, 1.82) is 0 Å². The monoisotopic (exact) mass is 1900 g/mol. The van der Waals surface area contributed by atoms with E-state index in [0.717, 1.165) is 42.0 Å². The van der Waals surface area contributed by atoms with Gasteiger partial charge in [-0.15, -0.1) is 0 Å². The molecule has 0 saturated heterocycles. The van der Waals surface area contributed by atoms with Crippen LogP contribution in [0.4, 0.5) is 5.69 Å². The van der Waals surface area contributed by atoms with E-state index < -0.39 is 338 Å². The Balaban J connectivity index is 0.00000166. The molecule has 2 aromatic carbocycles. The van der Waals surface area contributed by atoms with Gasteiger partial charge in [-0.3, -0.25) is 14.6 Å². The number of anilines is 1. The second-order valence-corrected chi connectivity index (χ2v) is 34.5. The highest BCUT2D eigenvalue weighted by molar-refractivity contribution is 7.89. The summed E-state index contributed by atoms with van der Waals surface area (Å²) < 4.78 is 57.3. The largest absolute Gasteiger partial charge is 0.395 e. The summed E-state index contributed by atoms with van der Waals surface area (Å²) in [5.74, 6) is -0.643. The second kappa shape index (κ2) is 67.5. The Kier molecular flexibility index (Phi) is 65.5. The maximum Gasteiger partial charge on any atom is 0.254 e. The maximum absolute atomic E-state index is 13.1. The molecular weight excluding hydrogens is 1750 g/mol. The number of amides is 1. The van der Waals surface area contributed by atoms with Crippen LogP contribution in [0.25, 0.3) is 0 Å². The first kappa shape index (κ1) is 122. The topological polar surface area (TPSA) is 843 Å². The summed E-state index contributed by atoms with van der Waals surface area (Å²) in [6, 6.07) is -10.6. The number of rotatable bonds is 65. The third-order valence-electron chi connectivity index (χ3n) is 21.2. The molecule has 126 heavy (non-hydrogen) atoms. The third-order valence-corrected chi connectivity index (χ3v) is 28.5. The summed E-state index contributed by atoms with van der Waals surface area (Å²) in [5, 5.41) is 349. The van der Waals surface area contributed by atoms with E-state index in [4.69, 9.17) is 0 Å². The first-order valence-electron chi connectivity index (χ1n) is 40.5. The Morgan fingerprint density at radius 3 is 0.611 bits per heavy atom. The zero-order valence-electron chi connectivity index (χ0n) is 70.4. The van der Waals surface area contributed by atoms with Gasteiger partial charge < -0.3 is 194 Å². The van der Waals surface area contributed by atoms with Gasteiger partial charge in [-0.25, -0.2) is 30.8 Å². The van der Waals surface area contributed by atoms with Crippen LogP contribution in [0.15, 0.2) is 58.3 Å². The standard InChI is InChI=1S/C19H32N2O9.C18H42N3O12P.C18H32N2O12S2.C18H38N2O8/c22-5-15(6-23)20(16(7-24)8-25)14-3-1-13(2-4-14)19(30)21(17(9-26)10-27)18(11-28)12-29;22-1-13(2-23)19(14(3-24)4-25)34(20(15(5-26)6-27)16(7-28)8-29)21(17(9-30)10-31)18(11-32)12-33;21-5-13(6-22)19(14(7-23)8-24)33(29,30)17-1-2-18(4-3-17)34(31,32)20(15(9-25)10-26)16(11-27)12-28;21-5-13(6-22)19(14(7-23)8-24)17-3-1-2-4-18(17)20(15(9-25)10-26)16(11-27)12-28/h1-4,15-18,22-29H,5-12H2;13-18,22-33H,1-12H2;1-4,13-16,21-28H,5-12H2;13-18,21-28H,1-12H2/t;;;17-,18-/m...0/s1. The molecule has 0 aliphatic heterocycles. The van der Waals surface area contributed by atoms with Crippen molar-refractivity contribution in [2.45, 2.75) is 156 Å². The molecule has 0 radical (unpaired) electrons. The van der Waals surface area contributed by atoms with Gasteiger partial charge in [-0.2, -0.15) is 8.61 Å². The van der Waals surface area contributed by atoms with E-state index in [1.165, 1.54) is 43.2 Å². The number of sulfonamides is 2. The van der Waals surface area contributed by atoms with Crippen LogP contribution >= 0.6 is 8.37 Å². The number of benzene rings is 2. The number of hydrogen-bond donors (Lipinski definition) is 36. The fourth-order valence-corrected chi connectivity index (χ4v) is 21.3. The van der Waals surface area contributed by atoms with Crippen molar-refractivity contribution in [1.82, 2.24) is 37.3 Å². The van der Waals surface area contributed by atoms with Crippen molar-refractivity contribution in [3.05, 3.63) is 54.1 Å². The first-order valence-corrected chi connectivity index (χ1v) is 44.6. The molecule has 1 fully saturated rings. The molecule has 2 aromatic rings. The van der Waals surface area contributed by atoms with Gasteiger partial charge in [-0.05, 0) is 61.4 Å². The van der Waals surface area contributed by atoms with E-state index in [1.807, 2.05) is 0 Å². The number of nitrogens with zero attached hydrogens (tertiary/aromatic N) is 9. The highest BCUT2D eigenvalue weighted by Crippen LogP contribution is 2.55. The van der Waals surface area contributed by atoms with E-state index in [0.29, 0.717) is 27.1 Å². The highest BCUT2D eigenvalue weighted by atomic mass is 32.2. The highest BCUT2D eigenvalue weighted by Gasteiger charge is 2.50. The van der Waals surface area contributed by atoms with Gasteiger partial charge in [0, 0.05) is 23.3 Å². The molecule has 2 atom stereocenters.